The average molecular weight is 262 g/mol. The molecule has 1 aliphatic heterocycles. The van der Waals surface area contributed by atoms with Gasteiger partial charge in [-0.05, 0) is 32.0 Å². The van der Waals surface area contributed by atoms with E-state index in [1.807, 2.05) is 33.0 Å². The van der Waals surface area contributed by atoms with Gasteiger partial charge in [-0.15, -0.1) is 0 Å². The van der Waals surface area contributed by atoms with E-state index in [9.17, 15) is 9.90 Å². The molecular weight excluding hydrogens is 240 g/mol. The van der Waals surface area contributed by atoms with Crippen LogP contribution < -0.4 is 5.32 Å². The zero-order valence-electron chi connectivity index (χ0n) is 11.8. The van der Waals surface area contributed by atoms with Crippen molar-refractivity contribution in [1.29, 1.82) is 0 Å². The first-order chi connectivity index (χ1) is 9.02. The summed E-state index contributed by atoms with van der Waals surface area (Å²) in [4.78, 5) is 14.2. The Morgan fingerprint density at radius 1 is 1.37 bits per heavy atom. The fourth-order valence-corrected chi connectivity index (χ4v) is 2.43. The molecule has 1 amide bonds. The second kappa shape index (κ2) is 5.61. The summed E-state index contributed by atoms with van der Waals surface area (Å²) in [5.74, 6) is 0.848. The fourth-order valence-electron chi connectivity index (χ4n) is 2.43. The van der Waals surface area contributed by atoms with E-state index < -0.39 is 0 Å². The van der Waals surface area contributed by atoms with Crippen molar-refractivity contribution in [2.24, 2.45) is 11.8 Å². The number of amides is 1. The van der Waals surface area contributed by atoms with Crippen molar-refractivity contribution in [2.45, 2.75) is 19.9 Å². The monoisotopic (exact) mass is 262 g/mol. The third-order valence-corrected chi connectivity index (χ3v) is 4.23. The largest absolute Gasteiger partial charge is 0.508 e. The van der Waals surface area contributed by atoms with Gasteiger partial charge < -0.3 is 15.3 Å². The van der Waals surface area contributed by atoms with Gasteiger partial charge in [0.2, 0.25) is 5.91 Å². The number of carbonyl (C=O) groups is 1. The first kappa shape index (κ1) is 13.9. The predicted molar refractivity (Wildman–Crippen MR) is 74.8 cm³/mol. The van der Waals surface area contributed by atoms with Crippen LogP contribution in [0, 0.1) is 11.8 Å². The lowest BCUT2D eigenvalue weighted by atomic mass is 9.87. The molecule has 0 radical (unpaired) electrons. The molecule has 0 saturated carbocycles. The zero-order valence-corrected chi connectivity index (χ0v) is 11.8. The molecule has 0 spiro atoms. The van der Waals surface area contributed by atoms with Gasteiger partial charge in [-0.25, -0.2) is 0 Å². The van der Waals surface area contributed by atoms with Crippen LogP contribution in [0.1, 0.15) is 25.5 Å². The Balaban J connectivity index is 2.08. The summed E-state index contributed by atoms with van der Waals surface area (Å²) < 4.78 is 0. The Hall–Kier alpha value is -1.55. The van der Waals surface area contributed by atoms with E-state index in [4.69, 9.17) is 0 Å². The van der Waals surface area contributed by atoms with Crippen LogP contribution in [-0.4, -0.2) is 36.1 Å². The lowest BCUT2D eigenvalue weighted by Crippen LogP contribution is -2.50. The Morgan fingerprint density at radius 2 is 2.00 bits per heavy atom. The van der Waals surface area contributed by atoms with Crippen molar-refractivity contribution in [1.82, 2.24) is 10.2 Å². The van der Waals surface area contributed by atoms with Crippen molar-refractivity contribution < 1.29 is 9.90 Å². The van der Waals surface area contributed by atoms with Crippen LogP contribution in [0.2, 0.25) is 0 Å². The molecule has 1 aliphatic rings. The van der Waals surface area contributed by atoms with E-state index >= 15 is 0 Å². The molecule has 1 aromatic rings. The van der Waals surface area contributed by atoms with Gasteiger partial charge in [-0.3, -0.25) is 4.79 Å². The fraction of sp³-hybridized carbons (Fsp3) is 0.533. The molecule has 0 bridgehead atoms. The molecule has 1 saturated heterocycles. The number of nitrogens with zero attached hydrogens (tertiary/aromatic N) is 1. The van der Waals surface area contributed by atoms with Gasteiger partial charge in [0.15, 0.2) is 0 Å². The maximum atomic E-state index is 12.4. The molecule has 4 heteroatoms. The third-order valence-electron chi connectivity index (χ3n) is 4.23. The predicted octanol–water partition coefficient (Wildman–Crippen LogP) is 1.77. The SMILES string of the molecule is CC(C(=O)N(C)C(C)c1ccccc1O)C1CNC1. The first-order valence-corrected chi connectivity index (χ1v) is 6.77. The molecule has 19 heavy (non-hydrogen) atoms. The van der Waals surface area contributed by atoms with Crippen molar-refractivity contribution in [3.8, 4) is 5.75 Å². The molecule has 104 valence electrons. The van der Waals surface area contributed by atoms with Crippen molar-refractivity contribution >= 4 is 5.91 Å². The molecule has 2 rings (SSSR count). The smallest absolute Gasteiger partial charge is 0.226 e. The summed E-state index contributed by atoms with van der Waals surface area (Å²) >= 11 is 0. The van der Waals surface area contributed by atoms with Crippen LogP contribution in [-0.2, 0) is 4.79 Å². The van der Waals surface area contributed by atoms with E-state index in [1.54, 1.807) is 17.0 Å². The molecule has 2 unspecified atom stereocenters. The van der Waals surface area contributed by atoms with Crippen LogP contribution in [0.3, 0.4) is 0 Å². The summed E-state index contributed by atoms with van der Waals surface area (Å²) in [6.07, 6.45) is 0. The molecule has 4 nitrogen and oxygen atoms in total. The molecule has 1 aromatic carbocycles. The van der Waals surface area contributed by atoms with Crippen LogP contribution in [0.25, 0.3) is 0 Å². The lowest BCUT2D eigenvalue weighted by molar-refractivity contribution is -0.138. The number of phenolic OH excluding ortho intramolecular Hbond substituents is 1. The highest BCUT2D eigenvalue weighted by Crippen LogP contribution is 2.29. The topological polar surface area (TPSA) is 52.6 Å². The second-order valence-electron chi connectivity index (χ2n) is 5.39. The summed E-state index contributed by atoms with van der Waals surface area (Å²) in [5.41, 5.74) is 0.789. The minimum absolute atomic E-state index is 0.0274. The van der Waals surface area contributed by atoms with E-state index in [1.165, 1.54) is 0 Å². The normalized spacial score (nSPS) is 18.5. The number of nitrogens with one attached hydrogen (secondary N) is 1. The minimum Gasteiger partial charge on any atom is -0.508 e. The first-order valence-electron chi connectivity index (χ1n) is 6.77. The molecule has 1 fully saturated rings. The maximum Gasteiger partial charge on any atom is 0.226 e. The van der Waals surface area contributed by atoms with E-state index in [0.717, 1.165) is 18.7 Å². The number of rotatable bonds is 4. The molecule has 0 aromatic heterocycles. The number of para-hydroxylation sites is 1. The van der Waals surface area contributed by atoms with Gasteiger partial charge in [0.1, 0.15) is 5.75 Å². The summed E-state index contributed by atoms with van der Waals surface area (Å²) in [5, 5.41) is 13.1. The summed E-state index contributed by atoms with van der Waals surface area (Å²) in [6, 6.07) is 7.06. The van der Waals surface area contributed by atoms with Gasteiger partial charge in [0.05, 0.1) is 6.04 Å². The molecule has 2 atom stereocenters. The molecule has 2 N–H and O–H groups in total. The quantitative estimate of drug-likeness (QED) is 0.869. The lowest BCUT2D eigenvalue weighted by Gasteiger charge is -2.36. The van der Waals surface area contributed by atoms with Gasteiger partial charge in [0.25, 0.3) is 0 Å². The molecule has 0 aliphatic carbocycles. The highest BCUT2D eigenvalue weighted by Gasteiger charge is 2.32. The van der Waals surface area contributed by atoms with Gasteiger partial charge in [0, 0.05) is 18.5 Å². The maximum absolute atomic E-state index is 12.4. The molecule has 1 heterocycles. The van der Waals surface area contributed by atoms with E-state index in [0.29, 0.717) is 5.92 Å². The average Bonchev–Trinajstić information content (AvgIpc) is 2.34. The number of phenols is 1. The second-order valence-corrected chi connectivity index (χ2v) is 5.39. The van der Waals surface area contributed by atoms with Crippen LogP contribution >= 0.6 is 0 Å². The van der Waals surface area contributed by atoms with Crippen LogP contribution in [0.5, 0.6) is 5.75 Å². The van der Waals surface area contributed by atoms with E-state index in [-0.39, 0.29) is 23.6 Å². The van der Waals surface area contributed by atoms with Gasteiger partial charge >= 0.3 is 0 Å². The van der Waals surface area contributed by atoms with Gasteiger partial charge in [-0.1, -0.05) is 25.1 Å². The Labute approximate surface area is 114 Å². The summed E-state index contributed by atoms with van der Waals surface area (Å²) in [7, 11) is 1.81. The number of aromatic hydroxyl groups is 1. The van der Waals surface area contributed by atoms with Crippen molar-refractivity contribution in [3.63, 3.8) is 0 Å². The molecular formula is C15H22N2O2. The number of hydrogen-bond donors (Lipinski definition) is 2. The number of carbonyl (C=O) groups excluding carboxylic acids is 1. The Bertz CT molecular complexity index is 457. The Morgan fingerprint density at radius 3 is 2.53 bits per heavy atom. The highest BCUT2D eigenvalue weighted by atomic mass is 16.3. The zero-order chi connectivity index (χ0) is 14.0. The standard InChI is InChI=1S/C15H22N2O2/c1-10(12-8-16-9-12)15(19)17(3)11(2)13-6-4-5-7-14(13)18/h4-7,10-12,16,18H,8-9H2,1-3H3. The van der Waals surface area contributed by atoms with Crippen molar-refractivity contribution in [2.75, 3.05) is 20.1 Å². The third kappa shape index (κ3) is 2.73. The van der Waals surface area contributed by atoms with Crippen LogP contribution in [0.15, 0.2) is 24.3 Å². The summed E-state index contributed by atoms with van der Waals surface area (Å²) in [6.45, 7) is 5.78. The number of hydrogen-bond acceptors (Lipinski definition) is 3. The van der Waals surface area contributed by atoms with Crippen LogP contribution in [0.4, 0.5) is 0 Å². The van der Waals surface area contributed by atoms with Gasteiger partial charge in [-0.2, -0.15) is 0 Å². The number of benzene rings is 1. The minimum atomic E-state index is -0.121. The van der Waals surface area contributed by atoms with E-state index in [2.05, 4.69) is 5.32 Å². The Kier molecular flexibility index (Phi) is 4.10. The highest BCUT2D eigenvalue weighted by molar-refractivity contribution is 5.79. The van der Waals surface area contributed by atoms with Crippen molar-refractivity contribution in [3.05, 3.63) is 29.8 Å².